The van der Waals surface area contributed by atoms with Crippen molar-refractivity contribution in [2.45, 2.75) is 0 Å². The van der Waals surface area contributed by atoms with Crippen LogP contribution in [0.5, 0.6) is 0 Å². The van der Waals surface area contributed by atoms with Gasteiger partial charge in [-0.05, 0) is 95.7 Å². The molecular weight excluding hydrogens is 729 g/mol. The van der Waals surface area contributed by atoms with E-state index >= 15 is 0 Å². The van der Waals surface area contributed by atoms with Gasteiger partial charge in [-0.3, -0.25) is 0 Å². The molecule has 1 aliphatic carbocycles. The summed E-state index contributed by atoms with van der Waals surface area (Å²) in [5, 5.41) is 11.8. The van der Waals surface area contributed by atoms with Gasteiger partial charge in [0.05, 0.1) is 11.6 Å². The van der Waals surface area contributed by atoms with Crippen LogP contribution in [-0.2, 0) is 0 Å². The highest BCUT2D eigenvalue weighted by molar-refractivity contribution is 6.22. The lowest BCUT2D eigenvalue weighted by Crippen LogP contribution is -2.00. The zero-order chi connectivity index (χ0) is 40.0. The third kappa shape index (κ3) is 6.14. The summed E-state index contributed by atoms with van der Waals surface area (Å²) in [7, 11) is 0. The van der Waals surface area contributed by atoms with E-state index in [1.54, 1.807) is 0 Å². The molecule has 0 aliphatic heterocycles. The number of fused-ring (bicyclic) bond motifs is 3. The molecule has 10 aromatic rings. The van der Waals surface area contributed by atoms with Gasteiger partial charge in [-0.2, -0.15) is 5.26 Å². The van der Waals surface area contributed by atoms with Crippen LogP contribution in [0.15, 0.2) is 206 Å². The number of nitriles is 1. The lowest BCUT2D eigenvalue weighted by molar-refractivity contribution is 1.07. The maximum Gasteiger partial charge on any atom is 0.164 e. The molecule has 0 saturated carbocycles. The minimum absolute atomic E-state index is 0.632. The van der Waals surface area contributed by atoms with E-state index < -0.39 is 0 Å². The first-order chi connectivity index (χ1) is 29.7. The Bertz CT molecular complexity index is 3190. The molecule has 1 aromatic heterocycles. The molecule has 0 bridgehead atoms. The maximum absolute atomic E-state index is 9.29. The lowest BCUT2D eigenvalue weighted by Gasteiger charge is -2.16. The molecule has 1 aliphatic rings. The van der Waals surface area contributed by atoms with E-state index in [2.05, 4.69) is 127 Å². The maximum atomic E-state index is 9.29. The molecule has 0 unspecified atom stereocenters. The highest BCUT2D eigenvalue weighted by Crippen LogP contribution is 2.52. The van der Waals surface area contributed by atoms with Crippen LogP contribution in [-0.4, -0.2) is 15.0 Å². The van der Waals surface area contributed by atoms with Crippen molar-refractivity contribution < 1.29 is 0 Å². The van der Waals surface area contributed by atoms with Crippen molar-refractivity contribution in [1.82, 2.24) is 15.0 Å². The van der Waals surface area contributed by atoms with Crippen LogP contribution in [0.3, 0.4) is 0 Å². The Hall–Kier alpha value is -8.26. The number of nitrogens with zero attached hydrogens (tertiary/aromatic N) is 4. The molecule has 0 N–H and O–H groups in total. The monoisotopic (exact) mass is 762 g/mol. The Labute approximate surface area is 348 Å². The predicted octanol–water partition coefficient (Wildman–Crippen LogP) is 14.2. The molecule has 60 heavy (non-hydrogen) atoms. The van der Waals surface area contributed by atoms with Crippen LogP contribution in [0.1, 0.15) is 5.56 Å². The Morgan fingerprint density at radius 2 is 0.633 bits per heavy atom. The fourth-order valence-corrected chi connectivity index (χ4v) is 8.58. The van der Waals surface area contributed by atoms with Gasteiger partial charge in [0, 0.05) is 16.7 Å². The second-order valence-corrected chi connectivity index (χ2v) is 15.1. The van der Waals surface area contributed by atoms with Crippen LogP contribution in [0, 0.1) is 11.3 Å². The third-order valence-corrected chi connectivity index (χ3v) is 11.6. The molecule has 278 valence electrons. The van der Waals surface area contributed by atoms with Gasteiger partial charge in [-0.1, -0.05) is 188 Å². The summed E-state index contributed by atoms with van der Waals surface area (Å²) in [6.07, 6.45) is 0. The predicted molar refractivity (Wildman–Crippen MR) is 245 cm³/mol. The summed E-state index contributed by atoms with van der Waals surface area (Å²) < 4.78 is 0. The van der Waals surface area contributed by atoms with Crippen molar-refractivity contribution in [3.05, 3.63) is 212 Å². The van der Waals surface area contributed by atoms with Crippen molar-refractivity contribution in [3.63, 3.8) is 0 Å². The molecule has 9 aromatic carbocycles. The first-order valence-corrected chi connectivity index (χ1v) is 20.1. The standard InChI is InChI=1S/C56H34N4/c57-35-36-18-20-37(21-19-36)38-22-26-40(27-23-38)46-30-32-50-48-16-7-8-17-49(48)51-33-31-47(52(46)53(50)51)41-28-24-39(25-29-41)44-14-9-15-45(34-44)56-59-54(42-10-3-1-4-11-42)58-55(60-56)43-12-5-2-6-13-43/h1-34H. The van der Waals surface area contributed by atoms with Crippen LogP contribution in [0.4, 0.5) is 0 Å². The number of benzene rings is 9. The number of hydrogen-bond donors (Lipinski definition) is 0. The SMILES string of the molecule is N#Cc1ccc(-c2ccc(-c3ccc4c5c(ccc(-c6ccc(-c7cccc(-c8nc(-c9ccccc9)nc(-c9ccccc9)n8)c7)cc6)c35)-c3ccccc3-4)cc2)cc1. The normalized spacial score (nSPS) is 11.3. The van der Waals surface area contributed by atoms with Gasteiger partial charge in [-0.15, -0.1) is 0 Å². The summed E-state index contributed by atoms with van der Waals surface area (Å²) in [5.41, 5.74) is 17.7. The van der Waals surface area contributed by atoms with Gasteiger partial charge >= 0.3 is 0 Å². The zero-order valence-corrected chi connectivity index (χ0v) is 32.4. The van der Waals surface area contributed by atoms with Crippen molar-refractivity contribution in [1.29, 1.82) is 5.26 Å². The Morgan fingerprint density at radius 1 is 0.267 bits per heavy atom. The first kappa shape index (κ1) is 34.9. The zero-order valence-electron chi connectivity index (χ0n) is 32.4. The van der Waals surface area contributed by atoms with Crippen molar-refractivity contribution in [3.8, 4) is 107 Å². The van der Waals surface area contributed by atoms with E-state index in [4.69, 9.17) is 15.0 Å². The number of hydrogen-bond acceptors (Lipinski definition) is 4. The van der Waals surface area contributed by atoms with Crippen LogP contribution in [0.25, 0.3) is 112 Å². The van der Waals surface area contributed by atoms with E-state index in [1.807, 2.05) is 84.9 Å². The average Bonchev–Trinajstić information content (AvgIpc) is 3.66. The summed E-state index contributed by atoms with van der Waals surface area (Å²) in [6, 6.07) is 74.2. The summed E-state index contributed by atoms with van der Waals surface area (Å²) in [5.74, 6) is 1.92. The molecule has 4 heteroatoms. The lowest BCUT2D eigenvalue weighted by atomic mass is 9.87. The van der Waals surface area contributed by atoms with E-state index in [0.29, 0.717) is 23.0 Å². The molecule has 0 spiro atoms. The highest BCUT2D eigenvalue weighted by atomic mass is 15.0. The van der Waals surface area contributed by atoms with Crippen molar-refractivity contribution >= 4 is 10.8 Å². The fourth-order valence-electron chi connectivity index (χ4n) is 8.58. The first-order valence-electron chi connectivity index (χ1n) is 20.1. The van der Waals surface area contributed by atoms with Crippen LogP contribution >= 0.6 is 0 Å². The van der Waals surface area contributed by atoms with Crippen molar-refractivity contribution in [2.75, 3.05) is 0 Å². The number of rotatable bonds is 7. The second kappa shape index (κ2) is 14.6. The Balaban J connectivity index is 0.988. The Kier molecular flexibility index (Phi) is 8.50. The minimum atomic E-state index is 0.632. The second-order valence-electron chi connectivity index (χ2n) is 15.1. The third-order valence-electron chi connectivity index (χ3n) is 11.6. The smallest absolute Gasteiger partial charge is 0.164 e. The summed E-state index contributed by atoms with van der Waals surface area (Å²) >= 11 is 0. The number of aromatic nitrogens is 3. The summed E-state index contributed by atoms with van der Waals surface area (Å²) in [6.45, 7) is 0. The van der Waals surface area contributed by atoms with Crippen LogP contribution in [0.2, 0.25) is 0 Å². The largest absolute Gasteiger partial charge is 0.208 e. The molecule has 4 nitrogen and oxygen atoms in total. The molecule has 0 fully saturated rings. The fraction of sp³-hybridized carbons (Fsp3) is 0. The van der Waals surface area contributed by atoms with Gasteiger partial charge in [-0.25, -0.2) is 15.0 Å². The van der Waals surface area contributed by atoms with Gasteiger partial charge in [0.15, 0.2) is 17.5 Å². The van der Waals surface area contributed by atoms with Gasteiger partial charge in [0.2, 0.25) is 0 Å². The molecule has 0 amide bonds. The van der Waals surface area contributed by atoms with Crippen molar-refractivity contribution in [2.24, 2.45) is 0 Å². The molecular formula is C56H34N4. The highest BCUT2D eigenvalue weighted by Gasteiger charge is 2.25. The van der Waals surface area contributed by atoms with Gasteiger partial charge in [0.1, 0.15) is 0 Å². The van der Waals surface area contributed by atoms with Gasteiger partial charge < -0.3 is 0 Å². The molecule has 1 heterocycles. The van der Waals surface area contributed by atoms with E-state index in [9.17, 15) is 5.26 Å². The molecule has 0 saturated heterocycles. The molecule has 0 radical (unpaired) electrons. The van der Waals surface area contributed by atoms with E-state index in [1.165, 1.54) is 44.2 Å². The van der Waals surface area contributed by atoms with Crippen LogP contribution < -0.4 is 0 Å². The molecule has 0 atom stereocenters. The minimum Gasteiger partial charge on any atom is -0.208 e. The van der Waals surface area contributed by atoms with E-state index in [0.717, 1.165) is 50.1 Å². The van der Waals surface area contributed by atoms with Gasteiger partial charge in [0.25, 0.3) is 0 Å². The summed E-state index contributed by atoms with van der Waals surface area (Å²) in [4.78, 5) is 14.8. The molecule has 11 rings (SSSR count). The quantitative estimate of drug-likeness (QED) is 0.162. The average molecular weight is 763 g/mol. The van der Waals surface area contributed by atoms with E-state index in [-0.39, 0.29) is 0 Å². The topological polar surface area (TPSA) is 62.5 Å². The Morgan fingerprint density at radius 3 is 1.13 bits per heavy atom.